The summed E-state index contributed by atoms with van der Waals surface area (Å²) in [5.74, 6) is 0.622. The fourth-order valence-corrected chi connectivity index (χ4v) is 4.89. The predicted molar refractivity (Wildman–Crippen MR) is 135 cm³/mol. The van der Waals surface area contributed by atoms with E-state index in [0.29, 0.717) is 35.4 Å². The van der Waals surface area contributed by atoms with Crippen molar-refractivity contribution in [2.24, 2.45) is 0 Å². The highest BCUT2D eigenvalue weighted by molar-refractivity contribution is 5.94. The number of amides is 1. The zero-order chi connectivity index (χ0) is 23.1. The lowest BCUT2D eigenvalue weighted by atomic mass is 10.0. The molecule has 3 aromatic carbocycles. The molecule has 1 aliphatic rings. The molecule has 0 bridgehead atoms. The average Bonchev–Trinajstić information content (AvgIpc) is 3.24. The van der Waals surface area contributed by atoms with Crippen molar-refractivity contribution < 1.29 is 4.79 Å². The third-order valence-electron chi connectivity index (χ3n) is 6.57. The average molecular weight is 449 g/mol. The minimum absolute atomic E-state index is 0.0518. The Bertz CT molecular complexity index is 1600. The third-order valence-corrected chi connectivity index (χ3v) is 6.57. The fourth-order valence-electron chi connectivity index (χ4n) is 4.89. The van der Waals surface area contributed by atoms with Crippen molar-refractivity contribution in [2.75, 3.05) is 5.32 Å². The van der Waals surface area contributed by atoms with Gasteiger partial charge in [0.1, 0.15) is 0 Å². The van der Waals surface area contributed by atoms with Crippen molar-refractivity contribution in [1.82, 2.24) is 14.5 Å². The third kappa shape index (κ3) is 3.57. The number of benzene rings is 3. The summed E-state index contributed by atoms with van der Waals surface area (Å²) in [6.07, 6.45) is 2.84. The normalized spacial score (nSPS) is 12.5. The van der Waals surface area contributed by atoms with Crippen molar-refractivity contribution in [1.29, 1.82) is 0 Å². The molecule has 0 unspecified atom stereocenters. The number of fused-ring (bicyclic) bond motifs is 6. The standard InChI is InChI=1S/C28H24N4O2/c33-25(12-6-9-18-7-2-1-3-8-18)29-19-13-14-24-22(17-19)28(34)32-16-15-21-20-10-4-5-11-23(20)30-26(21)27(32)31-24/h1-5,7-8,10-11,13-14,17,30H,6,9,12,15-16H2,(H,29,33). The number of hydrogen-bond acceptors (Lipinski definition) is 3. The van der Waals surface area contributed by atoms with Crippen molar-refractivity contribution >= 4 is 33.4 Å². The first-order valence-electron chi connectivity index (χ1n) is 11.7. The van der Waals surface area contributed by atoms with Crippen LogP contribution in [0.15, 0.2) is 77.6 Å². The summed E-state index contributed by atoms with van der Waals surface area (Å²) in [7, 11) is 0. The Balaban J connectivity index is 1.26. The van der Waals surface area contributed by atoms with Crippen LogP contribution in [0.5, 0.6) is 0 Å². The number of para-hydroxylation sites is 1. The van der Waals surface area contributed by atoms with Crippen LogP contribution in [-0.2, 0) is 24.2 Å². The van der Waals surface area contributed by atoms with Gasteiger partial charge in [-0.3, -0.25) is 14.2 Å². The number of aromatic nitrogens is 3. The lowest BCUT2D eigenvalue weighted by Crippen LogP contribution is -2.27. The van der Waals surface area contributed by atoms with E-state index in [0.717, 1.165) is 30.5 Å². The first-order valence-corrected chi connectivity index (χ1v) is 11.7. The quantitative estimate of drug-likeness (QED) is 0.394. The van der Waals surface area contributed by atoms with Crippen molar-refractivity contribution in [3.63, 3.8) is 0 Å². The molecule has 0 saturated heterocycles. The Morgan fingerprint density at radius 1 is 1.00 bits per heavy atom. The number of aryl methyl sites for hydroxylation is 2. The summed E-state index contributed by atoms with van der Waals surface area (Å²) in [6, 6.07) is 23.7. The Morgan fingerprint density at radius 3 is 2.71 bits per heavy atom. The second-order valence-electron chi connectivity index (χ2n) is 8.79. The van der Waals surface area contributed by atoms with Gasteiger partial charge in [-0.1, -0.05) is 48.5 Å². The summed E-state index contributed by atoms with van der Waals surface area (Å²) in [5.41, 5.74) is 5.58. The van der Waals surface area contributed by atoms with Crippen LogP contribution < -0.4 is 10.9 Å². The summed E-state index contributed by atoms with van der Waals surface area (Å²) in [5, 5.41) is 4.64. The second kappa shape index (κ2) is 8.30. The lowest BCUT2D eigenvalue weighted by Gasteiger charge is -2.19. The molecule has 2 aromatic heterocycles. The van der Waals surface area contributed by atoms with Gasteiger partial charge in [0, 0.05) is 29.6 Å². The molecule has 5 aromatic rings. The molecule has 0 atom stereocenters. The molecule has 0 radical (unpaired) electrons. The molecule has 0 saturated carbocycles. The molecule has 0 fully saturated rings. The van der Waals surface area contributed by atoms with E-state index in [1.54, 1.807) is 10.6 Å². The zero-order valence-electron chi connectivity index (χ0n) is 18.7. The van der Waals surface area contributed by atoms with Gasteiger partial charge in [0.05, 0.1) is 16.6 Å². The maximum atomic E-state index is 13.4. The summed E-state index contributed by atoms with van der Waals surface area (Å²) in [6.45, 7) is 0.585. The minimum atomic E-state index is -0.0792. The summed E-state index contributed by atoms with van der Waals surface area (Å²) in [4.78, 5) is 34.1. The van der Waals surface area contributed by atoms with Gasteiger partial charge in [-0.25, -0.2) is 4.98 Å². The van der Waals surface area contributed by atoms with Gasteiger partial charge in [0.25, 0.3) is 5.56 Å². The van der Waals surface area contributed by atoms with Crippen LogP contribution in [0, 0.1) is 0 Å². The maximum Gasteiger partial charge on any atom is 0.261 e. The minimum Gasteiger partial charge on any atom is -0.352 e. The van der Waals surface area contributed by atoms with Crippen LogP contribution in [-0.4, -0.2) is 20.4 Å². The monoisotopic (exact) mass is 448 g/mol. The lowest BCUT2D eigenvalue weighted by molar-refractivity contribution is -0.116. The number of nitrogens with zero attached hydrogens (tertiary/aromatic N) is 2. The molecule has 34 heavy (non-hydrogen) atoms. The molecule has 6 rings (SSSR count). The van der Waals surface area contributed by atoms with Gasteiger partial charge in [-0.05, 0) is 54.7 Å². The number of anilines is 1. The zero-order valence-corrected chi connectivity index (χ0v) is 18.7. The Morgan fingerprint density at radius 2 is 1.82 bits per heavy atom. The number of nitrogens with one attached hydrogen (secondary N) is 2. The molecule has 2 N–H and O–H groups in total. The van der Waals surface area contributed by atoms with Crippen LogP contribution in [0.25, 0.3) is 33.3 Å². The van der Waals surface area contributed by atoms with Crippen LogP contribution in [0.1, 0.15) is 24.0 Å². The number of aromatic amines is 1. The highest BCUT2D eigenvalue weighted by Crippen LogP contribution is 2.33. The molecule has 1 amide bonds. The molecule has 3 heterocycles. The van der Waals surface area contributed by atoms with Gasteiger partial charge >= 0.3 is 0 Å². The van der Waals surface area contributed by atoms with E-state index in [-0.39, 0.29) is 11.5 Å². The first kappa shape index (κ1) is 20.4. The van der Waals surface area contributed by atoms with E-state index >= 15 is 0 Å². The SMILES string of the molecule is O=C(CCCc1ccccc1)Nc1ccc2nc3n(c(=O)c2c1)CCc1c-3[nH]c2ccccc12. The molecule has 0 aliphatic carbocycles. The van der Waals surface area contributed by atoms with Crippen molar-refractivity contribution in [2.45, 2.75) is 32.2 Å². The fraction of sp³-hybridized carbons (Fsp3) is 0.179. The van der Waals surface area contributed by atoms with E-state index < -0.39 is 0 Å². The van der Waals surface area contributed by atoms with E-state index in [2.05, 4.69) is 28.5 Å². The van der Waals surface area contributed by atoms with Gasteiger partial charge in [0.15, 0.2) is 5.82 Å². The second-order valence-corrected chi connectivity index (χ2v) is 8.79. The molecule has 0 spiro atoms. The van der Waals surface area contributed by atoms with Gasteiger partial charge in [-0.15, -0.1) is 0 Å². The molecule has 6 heteroatoms. The Kier molecular flexibility index (Phi) is 4.99. The van der Waals surface area contributed by atoms with Gasteiger partial charge in [0.2, 0.25) is 5.91 Å². The molecular weight excluding hydrogens is 424 g/mol. The number of H-pyrrole nitrogens is 1. The van der Waals surface area contributed by atoms with Crippen LogP contribution in [0.4, 0.5) is 5.69 Å². The van der Waals surface area contributed by atoms with Crippen molar-refractivity contribution in [3.05, 3.63) is 94.3 Å². The predicted octanol–water partition coefficient (Wildman–Crippen LogP) is 5.06. The highest BCUT2D eigenvalue weighted by atomic mass is 16.1. The maximum absolute atomic E-state index is 13.4. The van der Waals surface area contributed by atoms with Crippen LogP contribution in [0.3, 0.4) is 0 Å². The number of hydrogen-bond donors (Lipinski definition) is 2. The molecular formula is C28H24N4O2. The van der Waals surface area contributed by atoms with Crippen LogP contribution in [0.2, 0.25) is 0 Å². The smallest absolute Gasteiger partial charge is 0.261 e. The van der Waals surface area contributed by atoms with Gasteiger partial charge in [-0.2, -0.15) is 0 Å². The van der Waals surface area contributed by atoms with E-state index in [1.165, 1.54) is 16.5 Å². The Labute approximate surface area is 196 Å². The number of carbonyl (C=O) groups excluding carboxylic acids is 1. The number of carbonyl (C=O) groups is 1. The molecule has 1 aliphatic heterocycles. The van der Waals surface area contributed by atoms with Crippen LogP contribution >= 0.6 is 0 Å². The van der Waals surface area contributed by atoms with Gasteiger partial charge < -0.3 is 10.3 Å². The molecule has 168 valence electrons. The first-order chi connectivity index (χ1) is 16.7. The Hall–Kier alpha value is -4.19. The summed E-state index contributed by atoms with van der Waals surface area (Å²) >= 11 is 0. The number of rotatable bonds is 5. The summed E-state index contributed by atoms with van der Waals surface area (Å²) < 4.78 is 1.74. The van der Waals surface area contributed by atoms with E-state index in [4.69, 9.17) is 4.98 Å². The van der Waals surface area contributed by atoms with Crippen molar-refractivity contribution in [3.8, 4) is 11.5 Å². The highest BCUT2D eigenvalue weighted by Gasteiger charge is 2.24. The van der Waals surface area contributed by atoms with E-state index in [1.807, 2.05) is 48.5 Å². The topological polar surface area (TPSA) is 79.8 Å². The molecule has 6 nitrogen and oxygen atoms in total. The largest absolute Gasteiger partial charge is 0.352 e. The van der Waals surface area contributed by atoms with E-state index in [9.17, 15) is 9.59 Å².